The molecule has 0 radical (unpaired) electrons. The third-order valence-electron chi connectivity index (χ3n) is 4.62. The van der Waals surface area contributed by atoms with Crippen LogP contribution in [0.25, 0.3) is 0 Å². The largest absolute Gasteiger partial charge is 0.497 e. The number of methoxy groups -OCH3 is 2. The van der Waals surface area contributed by atoms with Crippen LogP contribution in [-0.2, 0) is 9.59 Å². The first-order valence-electron chi connectivity index (χ1n) is 8.78. The highest BCUT2D eigenvalue weighted by atomic mass is 16.5. The van der Waals surface area contributed by atoms with Crippen LogP contribution in [0.1, 0.15) is 23.7 Å². The molecule has 2 aromatic rings. The van der Waals surface area contributed by atoms with E-state index in [1.165, 1.54) is 18.9 Å². The number of ketones is 1. The Morgan fingerprint density at radius 1 is 1.00 bits per heavy atom. The number of benzene rings is 2. The van der Waals surface area contributed by atoms with Gasteiger partial charge in [0.05, 0.1) is 25.8 Å². The third kappa shape index (κ3) is 3.98. The van der Waals surface area contributed by atoms with Gasteiger partial charge in [0.15, 0.2) is 5.78 Å². The van der Waals surface area contributed by atoms with Crippen molar-refractivity contribution in [2.45, 2.75) is 13.3 Å². The van der Waals surface area contributed by atoms with Crippen molar-refractivity contribution in [3.63, 3.8) is 0 Å². The van der Waals surface area contributed by atoms with Crippen LogP contribution in [0.5, 0.6) is 17.2 Å². The first kappa shape index (κ1) is 19.4. The normalized spacial score (nSPS) is 16.0. The Bertz CT molecular complexity index is 906. The summed E-state index contributed by atoms with van der Waals surface area (Å²) in [7, 11) is 3.06. The molecular weight excluding hydrogens is 362 g/mol. The molecule has 0 unspecified atom stereocenters. The Hall–Kier alpha value is -3.35. The number of rotatable bonds is 6. The molecule has 146 valence electrons. The topological polar surface area (TPSA) is 82.1 Å². The monoisotopic (exact) mass is 383 g/mol. The fraction of sp³-hybridized carbons (Fsp3) is 0.286. The molecular formula is C21H21NO6. The van der Waals surface area contributed by atoms with E-state index in [1.54, 1.807) is 49.6 Å². The summed E-state index contributed by atoms with van der Waals surface area (Å²) in [4.78, 5) is 37.8. The SMILES string of the molecule is COc1ccc(N2C[C@H](C(=O)Oc3ccc(C(C)=O)cc3)CC2=O)c(OC)c1. The maximum atomic E-state index is 12.5. The lowest BCUT2D eigenvalue weighted by atomic mass is 10.1. The molecule has 0 bridgehead atoms. The second kappa shape index (κ2) is 8.12. The summed E-state index contributed by atoms with van der Waals surface area (Å²) in [5.41, 5.74) is 1.11. The van der Waals surface area contributed by atoms with Gasteiger partial charge < -0.3 is 19.1 Å². The zero-order valence-electron chi connectivity index (χ0n) is 15.9. The molecule has 1 aliphatic rings. The van der Waals surface area contributed by atoms with Gasteiger partial charge >= 0.3 is 5.97 Å². The van der Waals surface area contributed by atoms with E-state index in [9.17, 15) is 14.4 Å². The van der Waals surface area contributed by atoms with Gasteiger partial charge in [-0.15, -0.1) is 0 Å². The molecule has 1 aliphatic heterocycles. The molecule has 1 fully saturated rings. The number of hydrogen-bond acceptors (Lipinski definition) is 6. The van der Waals surface area contributed by atoms with Crippen molar-refractivity contribution in [3.05, 3.63) is 48.0 Å². The van der Waals surface area contributed by atoms with E-state index in [0.29, 0.717) is 28.5 Å². The van der Waals surface area contributed by atoms with Gasteiger partial charge in [0.25, 0.3) is 0 Å². The highest BCUT2D eigenvalue weighted by Gasteiger charge is 2.37. The second-order valence-electron chi connectivity index (χ2n) is 6.44. The minimum atomic E-state index is -0.591. The van der Waals surface area contributed by atoms with Gasteiger partial charge in [-0.3, -0.25) is 14.4 Å². The predicted octanol–water partition coefficient (Wildman–Crippen LogP) is 2.86. The van der Waals surface area contributed by atoms with E-state index in [0.717, 1.165) is 0 Å². The number of amides is 1. The summed E-state index contributed by atoms with van der Waals surface area (Å²) in [5.74, 6) is 0.105. The van der Waals surface area contributed by atoms with Crippen LogP contribution in [-0.4, -0.2) is 38.4 Å². The lowest BCUT2D eigenvalue weighted by molar-refractivity contribution is -0.139. The third-order valence-corrected chi connectivity index (χ3v) is 4.62. The fourth-order valence-corrected chi connectivity index (χ4v) is 3.06. The Kier molecular flexibility index (Phi) is 5.63. The van der Waals surface area contributed by atoms with Crippen molar-refractivity contribution in [2.75, 3.05) is 25.7 Å². The fourth-order valence-electron chi connectivity index (χ4n) is 3.06. The summed E-state index contributed by atoms with van der Waals surface area (Å²) in [6.07, 6.45) is 0.0551. The lowest BCUT2D eigenvalue weighted by Crippen LogP contribution is -2.27. The zero-order chi connectivity index (χ0) is 20.3. The van der Waals surface area contributed by atoms with Gasteiger partial charge in [-0.25, -0.2) is 0 Å². The zero-order valence-corrected chi connectivity index (χ0v) is 15.9. The summed E-state index contributed by atoms with van der Waals surface area (Å²) < 4.78 is 15.9. The molecule has 1 amide bonds. The van der Waals surface area contributed by atoms with Gasteiger partial charge in [-0.1, -0.05) is 0 Å². The van der Waals surface area contributed by atoms with Crippen molar-refractivity contribution in [1.82, 2.24) is 0 Å². The number of carbonyl (C=O) groups excluding carboxylic acids is 3. The highest BCUT2D eigenvalue weighted by Crippen LogP contribution is 2.36. The van der Waals surface area contributed by atoms with Crippen LogP contribution in [0, 0.1) is 5.92 Å². The van der Waals surface area contributed by atoms with Gasteiger partial charge in [0.2, 0.25) is 5.91 Å². The Morgan fingerprint density at radius 3 is 2.29 bits per heavy atom. The Morgan fingerprint density at radius 2 is 1.68 bits per heavy atom. The standard InChI is InChI=1S/C21H21NO6/c1-13(23)14-4-6-16(7-5-14)28-21(25)15-10-20(24)22(12-15)18-9-8-17(26-2)11-19(18)27-3/h4-9,11,15H,10,12H2,1-3H3/t15-/m1/s1. The number of anilines is 1. The number of hydrogen-bond donors (Lipinski definition) is 0. The Labute approximate surface area is 162 Å². The first-order valence-corrected chi connectivity index (χ1v) is 8.78. The second-order valence-corrected chi connectivity index (χ2v) is 6.44. The summed E-state index contributed by atoms with van der Waals surface area (Å²) in [6.45, 7) is 1.67. The predicted molar refractivity (Wildman–Crippen MR) is 102 cm³/mol. The molecule has 0 spiro atoms. The van der Waals surface area contributed by atoms with E-state index in [1.807, 2.05) is 0 Å². The van der Waals surface area contributed by atoms with Crippen LogP contribution in [0.2, 0.25) is 0 Å². The van der Waals surface area contributed by atoms with E-state index in [4.69, 9.17) is 14.2 Å². The van der Waals surface area contributed by atoms with E-state index in [-0.39, 0.29) is 24.7 Å². The van der Waals surface area contributed by atoms with Crippen molar-refractivity contribution in [1.29, 1.82) is 0 Å². The van der Waals surface area contributed by atoms with E-state index < -0.39 is 11.9 Å². The minimum Gasteiger partial charge on any atom is -0.497 e. The van der Waals surface area contributed by atoms with E-state index in [2.05, 4.69) is 0 Å². The maximum absolute atomic E-state index is 12.5. The molecule has 0 aliphatic carbocycles. The molecule has 1 saturated heterocycles. The molecule has 3 rings (SSSR count). The quantitative estimate of drug-likeness (QED) is 0.433. The molecule has 1 atom stereocenters. The van der Waals surface area contributed by atoms with Gasteiger partial charge in [-0.05, 0) is 43.3 Å². The minimum absolute atomic E-state index is 0.0551. The molecule has 28 heavy (non-hydrogen) atoms. The summed E-state index contributed by atoms with van der Waals surface area (Å²) >= 11 is 0. The Balaban J connectivity index is 1.71. The molecule has 1 heterocycles. The molecule has 7 nitrogen and oxygen atoms in total. The molecule has 0 N–H and O–H groups in total. The smallest absolute Gasteiger partial charge is 0.316 e. The van der Waals surface area contributed by atoms with Crippen LogP contribution in [0.15, 0.2) is 42.5 Å². The van der Waals surface area contributed by atoms with Crippen LogP contribution < -0.4 is 19.1 Å². The summed E-state index contributed by atoms with van der Waals surface area (Å²) in [5, 5.41) is 0. The number of Topliss-reactive ketones (excluding diaryl/α,β-unsaturated/α-hetero) is 1. The van der Waals surface area contributed by atoms with Crippen molar-refractivity contribution < 1.29 is 28.6 Å². The number of nitrogens with zero attached hydrogens (tertiary/aromatic N) is 1. The number of esters is 1. The van der Waals surface area contributed by atoms with Gasteiger partial charge in [0.1, 0.15) is 17.2 Å². The van der Waals surface area contributed by atoms with Crippen LogP contribution in [0.4, 0.5) is 5.69 Å². The average molecular weight is 383 g/mol. The van der Waals surface area contributed by atoms with Crippen molar-refractivity contribution in [3.8, 4) is 17.2 Å². The summed E-state index contributed by atoms with van der Waals surface area (Å²) in [6, 6.07) is 11.5. The molecule has 0 saturated carbocycles. The van der Waals surface area contributed by atoms with Crippen LogP contribution >= 0.6 is 0 Å². The number of carbonyl (C=O) groups is 3. The molecule has 7 heteroatoms. The van der Waals surface area contributed by atoms with Gasteiger partial charge in [-0.2, -0.15) is 0 Å². The van der Waals surface area contributed by atoms with Gasteiger partial charge in [0, 0.05) is 24.6 Å². The average Bonchev–Trinajstić information content (AvgIpc) is 3.09. The number of ether oxygens (including phenoxy) is 3. The first-order chi connectivity index (χ1) is 13.4. The van der Waals surface area contributed by atoms with E-state index >= 15 is 0 Å². The lowest BCUT2D eigenvalue weighted by Gasteiger charge is -2.20. The van der Waals surface area contributed by atoms with Crippen molar-refractivity contribution in [2.24, 2.45) is 5.92 Å². The van der Waals surface area contributed by atoms with Crippen molar-refractivity contribution >= 4 is 23.3 Å². The molecule has 2 aromatic carbocycles. The highest BCUT2D eigenvalue weighted by molar-refractivity contribution is 6.01. The van der Waals surface area contributed by atoms with Crippen LogP contribution in [0.3, 0.4) is 0 Å². The molecule has 0 aromatic heterocycles. The maximum Gasteiger partial charge on any atom is 0.316 e.